The number of amides is 3. The van der Waals surface area contributed by atoms with Crippen LogP contribution in [0.25, 0.3) is 0 Å². The summed E-state index contributed by atoms with van der Waals surface area (Å²) in [4.78, 5) is 25.9. The van der Waals surface area contributed by atoms with Crippen molar-refractivity contribution in [3.63, 3.8) is 0 Å². The van der Waals surface area contributed by atoms with Crippen LogP contribution in [0.5, 0.6) is 0 Å². The number of carbonyl (C=O) groups excluding carboxylic acids is 2. The van der Waals surface area contributed by atoms with E-state index in [2.05, 4.69) is 15.8 Å². The molecular formula is C18H21F3N4O3. The van der Waals surface area contributed by atoms with E-state index in [0.29, 0.717) is 12.2 Å². The summed E-state index contributed by atoms with van der Waals surface area (Å²) in [5.74, 6) is 0.157. The maximum absolute atomic E-state index is 13.1. The van der Waals surface area contributed by atoms with E-state index in [-0.39, 0.29) is 24.6 Å². The fraction of sp³-hybridized carbons (Fsp3) is 0.389. The minimum atomic E-state index is -4.61. The molecule has 0 aliphatic carbocycles. The first kappa shape index (κ1) is 21.3. The lowest BCUT2D eigenvalue weighted by Crippen LogP contribution is -2.41. The molecule has 152 valence electrons. The average molecular weight is 398 g/mol. The molecule has 0 radical (unpaired) electrons. The zero-order valence-corrected chi connectivity index (χ0v) is 15.5. The third-order valence-electron chi connectivity index (χ3n) is 3.77. The van der Waals surface area contributed by atoms with Crippen molar-refractivity contribution in [3.05, 3.63) is 41.7 Å². The number of benzene rings is 1. The topological polar surface area (TPSA) is 87.5 Å². The molecule has 1 aromatic carbocycles. The summed E-state index contributed by atoms with van der Waals surface area (Å²) in [7, 11) is 0. The number of aromatic nitrogens is 1. The molecule has 0 unspecified atom stereocenters. The lowest BCUT2D eigenvalue weighted by atomic mass is 10.1. The summed E-state index contributed by atoms with van der Waals surface area (Å²) in [6, 6.07) is 5.38. The van der Waals surface area contributed by atoms with E-state index in [4.69, 9.17) is 4.52 Å². The van der Waals surface area contributed by atoms with Crippen LogP contribution in [0.4, 0.5) is 29.5 Å². The van der Waals surface area contributed by atoms with Crippen molar-refractivity contribution in [1.82, 2.24) is 10.1 Å². The third-order valence-corrected chi connectivity index (χ3v) is 3.77. The van der Waals surface area contributed by atoms with Crippen LogP contribution in [0.15, 0.2) is 34.9 Å². The molecule has 0 saturated carbocycles. The highest BCUT2D eigenvalue weighted by molar-refractivity contribution is 5.96. The fourth-order valence-corrected chi connectivity index (χ4v) is 2.42. The molecule has 2 N–H and O–H groups in total. The molecular weight excluding hydrogens is 377 g/mol. The van der Waals surface area contributed by atoms with Crippen LogP contribution in [-0.2, 0) is 11.0 Å². The van der Waals surface area contributed by atoms with Crippen molar-refractivity contribution in [2.45, 2.75) is 32.9 Å². The molecule has 1 heterocycles. The Morgan fingerprint density at radius 1 is 1.21 bits per heavy atom. The standard InChI is InChI=1S/C18H21F3N4O3/c1-3-4-9-25(11-16(26)23-15-10-12(2)28-24-15)17(27)22-14-8-6-5-7-13(14)18(19,20)21/h5-8,10H,3-4,9,11H2,1-2H3,(H,22,27)(H,23,24,26). The van der Waals surface area contributed by atoms with Gasteiger partial charge in [-0.3, -0.25) is 4.79 Å². The molecule has 0 aliphatic heterocycles. The van der Waals surface area contributed by atoms with Crippen molar-refractivity contribution in [2.75, 3.05) is 23.7 Å². The highest BCUT2D eigenvalue weighted by atomic mass is 19.4. The first-order valence-electron chi connectivity index (χ1n) is 8.66. The Balaban J connectivity index is 2.09. The van der Waals surface area contributed by atoms with Crippen molar-refractivity contribution >= 4 is 23.4 Å². The highest BCUT2D eigenvalue weighted by Crippen LogP contribution is 2.34. The van der Waals surface area contributed by atoms with Gasteiger partial charge in [0.1, 0.15) is 12.3 Å². The number of hydrogen-bond donors (Lipinski definition) is 2. The SMILES string of the molecule is CCCCN(CC(=O)Nc1cc(C)on1)C(=O)Nc1ccccc1C(F)(F)F. The number of rotatable bonds is 7. The average Bonchev–Trinajstić information content (AvgIpc) is 3.02. The summed E-state index contributed by atoms with van der Waals surface area (Å²) in [5.41, 5.74) is -1.32. The van der Waals surface area contributed by atoms with Gasteiger partial charge in [-0.1, -0.05) is 30.6 Å². The number of alkyl halides is 3. The number of aryl methyl sites for hydroxylation is 1. The van der Waals surface area contributed by atoms with Gasteiger partial charge in [-0.25, -0.2) is 4.79 Å². The third kappa shape index (κ3) is 6.00. The smallest absolute Gasteiger partial charge is 0.360 e. The van der Waals surface area contributed by atoms with Crippen molar-refractivity contribution in [2.24, 2.45) is 0 Å². The maximum Gasteiger partial charge on any atom is 0.418 e. The molecule has 0 atom stereocenters. The number of anilines is 2. The molecule has 0 saturated heterocycles. The van der Waals surface area contributed by atoms with Crippen LogP contribution < -0.4 is 10.6 Å². The number of urea groups is 1. The fourth-order valence-electron chi connectivity index (χ4n) is 2.42. The number of unbranched alkanes of at least 4 members (excludes halogenated alkanes) is 1. The molecule has 10 heteroatoms. The molecule has 3 amide bonds. The van der Waals surface area contributed by atoms with Crippen LogP contribution >= 0.6 is 0 Å². The second-order valence-corrected chi connectivity index (χ2v) is 6.12. The highest BCUT2D eigenvalue weighted by Gasteiger charge is 2.34. The molecule has 0 bridgehead atoms. The second kappa shape index (κ2) is 9.25. The number of carbonyl (C=O) groups is 2. The molecule has 2 rings (SSSR count). The number of hydrogen-bond acceptors (Lipinski definition) is 4. The molecule has 7 nitrogen and oxygen atoms in total. The van der Waals surface area contributed by atoms with Crippen molar-refractivity contribution < 1.29 is 27.3 Å². The van der Waals surface area contributed by atoms with E-state index in [0.717, 1.165) is 23.5 Å². The first-order valence-corrected chi connectivity index (χ1v) is 8.66. The van der Waals surface area contributed by atoms with E-state index in [1.807, 2.05) is 6.92 Å². The van der Waals surface area contributed by atoms with Gasteiger partial charge in [0.05, 0.1) is 11.3 Å². The minimum absolute atomic E-state index is 0.195. The molecule has 0 spiro atoms. The Morgan fingerprint density at radius 3 is 2.54 bits per heavy atom. The van der Waals surface area contributed by atoms with Crippen LogP contribution in [0.2, 0.25) is 0 Å². The lowest BCUT2D eigenvalue weighted by Gasteiger charge is -2.23. The summed E-state index contributed by atoms with van der Waals surface area (Å²) in [5, 5.41) is 8.36. The Hall–Kier alpha value is -3.04. The number of halogens is 3. The Morgan fingerprint density at radius 2 is 1.93 bits per heavy atom. The molecule has 28 heavy (non-hydrogen) atoms. The first-order chi connectivity index (χ1) is 13.2. The van der Waals surface area contributed by atoms with Gasteiger partial charge < -0.3 is 20.1 Å². The summed E-state index contributed by atoms with van der Waals surface area (Å²) in [6.45, 7) is 3.42. The zero-order chi connectivity index (χ0) is 20.7. The Labute approximate surface area is 159 Å². The predicted octanol–water partition coefficient (Wildman–Crippen LogP) is 4.27. The van der Waals surface area contributed by atoms with Crippen LogP contribution in [0, 0.1) is 6.92 Å². The number of para-hydroxylation sites is 1. The monoisotopic (exact) mass is 398 g/mol. The summed E-state index contributed by atoms with van der Waals surface area (Å²) < 4.78 is 44.2. The summed E-state index contributed by atoms with van der Waals surface area (Å²) >= 11 is 0. The number of nitrogens with zero attached hydrogens (tertiary/aromatic N) is 2. The van der Waals surface area contributed by atoms with Gasteiger partial charge in [0.2, 0.25) is 5.91 Å². The lowest BCUT2D eigenvalue weighted by molar-refractivity contribution is -0.137. The van der Waals surface area contributed by atoms with Crippen molar-refractivity contribution in [1.29, 1.82) is 0 Å². The van der Waals surface area contributed by atoms with Gasteiger partial charge >= 0.3 is 12.2 Å². The molecule has 0 fully saturated rings. The Kier molecular flexibility index (Phi) is 7.02. The van der Waals surface area contributed by atoms with E-state index in [1.54, 1.807) is 6.92 Å². The van der Waals surface area contributed by atoms with E-state index in [9.17, 15) is 22.8 Å². The minimum Gasteiger partial charge on any atom is -0.360 e. The normalized spacial score (nSPS) is 11.2. The van der Waals surface area contributed by atoms with Gasteiger partial charge in [0.15, 0.2) is 5.82 Å². The molecule has 2 aromatic rings. The van der Waals surface area contributed by atoms with Gasteiger partial charge in [-0.15, -0.1) is 0 Å². The van der Waals surface area contributed by atoms with E-state index < -0.39 is 23.7 Å². The quantitative estimate of drug-likeness (QED) is 0.729. The van der Waals surface area contributed by atoms with E-state index >= 15 is 0 Å². The van der Waals surface area contributed by atoms with Gasteiger partial charge in [-0.2, -0.15) is 13.2 Å². The summed E-state index contributed by atoms with van der Waals surface area (Å²) in [6.07, 6.45) is -3.28. The van der Waals surface area contributed by atoms with E-state index in [1.165, 1.54) is 18.2 Å². The Bertz CT molecular complexity index is 820. The van der Waals surface area contributed by atoms with Crippen LogP contribution in [-0.4, -0.2) is 35.1 Å². The molecule has 0 aliphatic rings. The van der Waals surface area contributed by atoms with Gasteiger partial charge in [0, 0.05) is 12.6 Å². The van der Waals surface area contributed by atoms with Crippen LogP contribution in [0.3, 0.4) is 0 Å². The van der Waals surface area contributed by atoms with Gasteiger partial charge in [-0.05, 0) is 25.5 Å². The zero-order valence-electron chi connectivity index (χ0n) is 15.5. The maximum atomic E-state index is 13.1. The number of nitrogens with one attached hydrogen (secondary N) is 2. The predicted molar refractivity (Wildman–Crippen MR) is 96.8 cm³/mol. The second-order valence-electron chi connectivity index (χ2n) is 6.12. The van der Waals surface area contributed by atoms with Crippen molar-refractivity contribution in [3.8, 4) is 0 Å². The largest absolute Gasteiger partial charge is 0.418 e. The van der Waals surface area contributed by atoms with Gasteiger partial charge in [0.25, 0.3) is 0 Å². The van der Waals surface area contributed by atoms with Crippen LogP contribution in [0.1, 0.15) is 31.1 Å². The molecule has 1 aromatic heterocycles.